The summed E-state index contributed by atoms with van der Waals surface area (Å²) in [4.78, 5) is 24.2. The summed E-state index contributed by atoms with van der Waals surface area (Å²) in [6.45, 7) is 1.79. The number of carboxylic acid groups (broad SMARTS) is 1. The summed E-state index contributed by atoms with van der Waals surface area (Å²) in [5, 5.41) is 8.70. The summed E-state index contributed by atoms with van der Waals surface area (Å²) >= 11 is 0. The number of aliphatic carboxylic acids is 1. The van der Waals surface area contributed by atoms with Gasteiger partial charge in [0.2, 0.25) is 5.76 Å². The zero-order valence-corrected chi connectivity index (χ0v) is 9.83. The molecule has 0 aromatic carbocycles. The Morgan fingerprint density at radius 1 is 1.39 bits per heavy atom. The van der Waals surface area contributed by atoms with Gasteiger partial charge >= 0.3 is 5.97 Å². The molecule has 0 aromatic heterocycles. The van der Waals surface area contributed by atoms with E-state index in [1.165, 1.54) is 11.2 Å². The lowest BCUT2D eigenvalue weighted by Gasteiger charge is -2.32. The van der Waals surface area contributed by atoms with E-state index in [2.05, 4.69) is 0 Å². The van der Waals surface area contributed by atoms with E-state index < -0.39 is 12.1 Å². The fourth-order valence-corrected chi connectivity index (χ4v) is 1.86. The van der Waals surface area contributed by atoms with Crippen molar-refractivity contribution in [2.45, 2.75) is 12.5 Å². The quantitative estimate of drug-likeness (QED) is 0.739. The molecule has 2 rings (SSSR count). The highest BCUT2D eigenvalue weighted by molar-refractivity contribution is 5.91. The van der Waals surface area contributed by atoms with Crippen LogP contribution in [0.2, 0.25) is 0 Å². The van der Waals surface area contributed by atoms with Crippen LogP contribution in [0.3, 0.4) is 0 Å². The summed E-state index contributed by atoms with van der Waals surface area (Å²) < 4.78 is 15.5. The van der Waals surface area contributed by atoms with Crippen LogP contribution in [0.25, 0.3) is 0 Å². The Labute approximate surface area is 104 Å². The van der Waals surface area contributed by atoms with E-state index in [1.807, 2.05) is 0 Å². The molecule has 1 N–H and O–H groups in total. The lowest BCUT2D eigenvalue weighted by molar-refractivity contribution is -0.148. The van der Waals surface area contributed by atoms with Gasteiger partial charge in [0.25, 0.3) is 5.91 Å². The highest BCUT2D eigenvalue weighted by atomic mass is 16.6. The molecular formula is C11H15NO6. The lowest BCUT2D eigenvalue weighted by Crippen LogP contribution is -2.47. The molecule has 18 heavy (non-hydrogen) atoms. The van der Waals surface area contributed by atoms with Crippen molar-refractivity contribution >= 4 is 11.9 Å². The average molecular weight is 257 g/mol. The van der Waals surface area contributed by atoms with Gasteiger partial charge in [0.05, 0.1) is 19.1 Å². The Balaban J connectivity index is 1.93. The van der Waals surface area contributed by atoms with Crippen molar-refractivity contribution in [2.75, 3.05) is 32.9 Å². The molecule has 2 aliphatic heterocycles. The zero-order valence-electron chi connectivity index (χ0n) is 9.83. The van der Waals surface area contributed by atoms with Gasteiger partial charge < -0.3 is 24.2 Å². The van der Waals surface area contributed by atoms with Gasteiger partial charge in [0.1, 0.15) is 19.5 Å². The smallest absolute Gasteiger partial charge is 0.306 e. The molecular weight excluding hydrogens is 242 g/mol. The number of carbonyl (C=O) groups is 2. The van der Waals surface area contributed by atoms with Gasteiger partial charge in [-0.25, -0.2) is 0 Å². The van der Waals surface area contributed by atoms with Crippen molar-refractivity contribution in [3.63, 3.8) is 0 Å². The second-order valence-corrected chi connectivity index (χ2v) is 4.04. The van der Waals surface area contributed by atoms with Crippen LogP contribution in [0.15, 0.2) is 12.0 Å². The number of rotatable bonds is 3. The molecule has 0 radical (unpaired) electrons. The highest BCUT2D eigenvalue weighted by Gasteiger charge is 2.29. The minimum atomic E-state index is -0.939. The average Bonchev–Trinajstić information content (AvgIpc) is 2.38. The molecule has 0 aromatic rings. The SMILES string of the molecule is O=C(O)CC1CN(C(=O)C2=COCCO2)CCO1. The van der Waals surface area contributed by atoms with Crippen LogP contribution in [-0.4, -0.2) is 60.9 Å². The number of hydrogen-bond donors (Lipinski definition) is 1. The summed E-state index contributed by atoms with van der Waals surface area (Å²) in [6, 6.07) is 0. The van der Waals surface area contributed by atoms with E-state index >= 15 is 0 Å². The van der Waals surface area contributed by atoms with Gasteiger partial charge in [0.15, 0.2) is 0 Å². The van der Waals surface area contributed by atoms with Crippen LogP contribution in [0.1, 0.15) is 6.42 Å². The third kappa shape index (κ3) is 3.13. The molecule has 2 aliphatic rings. The van der Waals surface area contributed by atoms with Gasteiger partial charge in [0, 0.05) is 13.1 Å². The predicted octanol–water partition coefficient (Wildman–Crippen LogP) is -0.423. The standard InChI is InChI=1S/C11H15NO6/c13-10(14)5-8-6-12(1-2-17-8)11(15)9-7-16-3-4-18-9/h7-8H,1-6H2,(H,13,14). The maximum Gasteiger partial charge on any atom is 0.306 e. The van der Waals surface area contributed by atoms with E-state index in [0.29, 0.717) is 26.4 Å². The van der Waals surface area contributed by atoms with Crippen molar-refractivity contribution < 1.29 is 28.9 Å². The maximum atomic E-state index is 12.0. The van der Waals surface area contributed by atoms with Crippen molar-refractivity contribution in [3.05, 3.63) is 12.0 Å². The molecule has 1 saturated heterocycles. The van der Waals surface area contributed by atoms with Crippen molar-refractivity contribution in [3.8, 4) is 0 Å². The van der Waals surface area contributed by atoms with Gasteiger partial charge in [-0.15, -0.1) is 0 Å². The Hall–Kier alpha value is -1.76. The second-order valence-electron chi connectivity index (χ2n) is 4.04. The third-order valence-electron chi connectivity index (χ3n) is 2.69. The molecule has 0 bridgehead atoms. The number of carbonyl (C=O) groups excluding carboxylic acids is 1. The number of ether oxygens (including phenoxy) is 3. The second kappa shape index (κ2) is 5.72. The van der Waals surface area contributed by atoms with Crippen LogP contribution < -0.4 is 0 Å². The van der Waals surface area contributed by atoms with Crippen LogP contribution in [0.4, 0.5) is 0 Å². The van der Waals surface area contributed by atoms with Crippen LogP contribution in [-0.2, 0) is 23.8 Å². The number of nitrogens with zero attached hydrogens (tertiary/aromatic N) is 1. The molecule has 1 atom stereocenters. The van der Waals surface area contributed by atoms with Crippen LogP contribution in [0, 0.1) is 0 Å². The Morgan fingerprint density at radius 3 is 2.89 bits per heavy atom. The summed E-state index contributed by atoms with van der Waals surface area (Å²) in [5.74, 6) is -1.06. The van der Waals surface area contributed by atoms with Gasteiger partial charge in [-0.05, 0) is 0 Å². The molecule has 1 unspecified atom stereocenters. The lowest BCUT2D eigenvalue weighted by atomic mass is 10.2. The zero-order chi connectivity index (χ0) is 13.0. The summed E-state index contributed by atoms with van der Waals surface area (Å²) in [6.07, 6.45) is 0.721. The first kappa shape index (κ1) is 12.7. The molecule has 1 fully saturated rings. The molecule has 7 heteroatoms. The van der Waals surface area contributed by atoms with Crippen LogP contribution >= 0.6 is 0 Å². The first-order valence-corrected chi connectivity index (χ1v) is 5.74. The van der Waals surface area contributed by atoms with Crippen LogP contribution in [0.5, 0.6) is 0 Å². The Morgan fingerprint density at radius 2 is 2.22 bits per heavy atom. The fourth-order valence-electron chi connectivity index (χ4n) is 1.86. The minimum absolute atomic E-state index is 0.111. The fraction of sp³-hybridized carbons (Fsp3) is 0.636. The van der Waals surface area contributed by atoms with Gasteiger partial charge in [-0.3, -0.25) is 9.59 Å². The first-order valence-electron chi connectivity index (χ1n) is 5.74. The van der Waals surface area contributed by atoms with E-state index in [-0.39, 0.29) is 24.6 Å². The van der Waals surface area contributed by atoms with Crippen molar-refractivity contribution in [1.82, 2.24) is 4.90 Å². The van der Waals surface area contributed by atoms with Gasteiger partial charge in [-0.1, -0.05) is 0 Å². The number of morpholine rings is 1. The highest BCUT2D eigenvalue weighted by Crippen LogP contribution is 2.14. The molecule has 0 aliphatic carbocycles. The van der Waals surface area contributed by atoms with Crippen molar-refractivity contribution in [2.24, 2.45) is 0 Å². The molecule has 100 valence electrons. The Bertz CT molecular complexity index is 367. The maximum absolute atomic E-state index is 12.0. The van der Waals surface area contributed by atoms with E-state index in [0.717, 1.165) is 0 Å². The molecule has 0 spiro atoms. The third-order valence-corrected chi connectivity index (χ3v) is 2.69. The topological polar surface area (TPSA) is 85.3 Å². The minimum Gasteiger partial charge on any atom is -0.494 e. The van der Waals surface area contributed by atoms with E-state index in [9.17, 15) is 9.59 Å². The van der Waals surface area contributed by atoms with Crippen molar-refractivity contribution in [1.29, 1.82) is 0 Å². The first-order chi connectivity index (χ1) is 8.66. The van der Waals surface area contributed by atoms with E-state index in [4.69, 9.17) is 19.3 Å². The number of carboxylic acids is 1. The largest absolute Gasteiger partial charge is 0.494 e. The summed E-state index contributed by atoms with van der Waals surface area (Å²) in [7, 11) is 0. The molecule has 0 saturated carbocycles. The number of hydrogen-bond acceptors (Lipinski definition) is 5. The van der Waals surface area contributed by atoms with Gasteiger partial charge in [-0.2, -0.15) is 0 Å². The predicted molar refractivity (Wildman–Crippen MR) is 58.6 cm³/mol. The summed E-state index contributed by atoms with van der Waals surface area (Å²) in [5.41, 5.74) is 0. The van der Waals surface area contributed by atoms with E-state index in [1.54, 1.807) is 0 Å². The monoisotopic (exact) mass is 257 g/mol. The normalized spacial score (nSPS) is 23.7. The Kier molecular flexibility index (Phi) is 4.03. The molecule has 2 heterocycles. The molecule has 1 amide bonds. The molecule has 7 nitrogen and oxygen atoms in total. The number of amides is 1.